The number of hydrogen-bond acceptors (Lipinski definition) is 4. The summed E-state index contributed by atoms with van der Waals surface area (Å²) in [5.74, 6) is -0.336. The monoisotopic (exact) mass is 431 g/mol. The number of rotatable bonds is 4. The molecule has 0 aliphatic heterocycles. The fourth-order valence-electron chi connectivity index (χ4n) is 2.72. The van der Waals surface area contributed by atoms with Crippen LogP contribution in [-0.4, -0.2) is 25.7 Å². The minimum Gasteiger partial charge on any atom is -0.347 e. The first-order chi connectivity index (χ1) is 13.5. The van der Waals surface area contributed by atoms with Gasteiger partial charge in [0.1, 0.15) is 12.0 Å². The second kappa shape index (κ2) is 7.75. The fraction of sp³-hybridized carbons (Fsp3) is 0.0526. The lowest BCUT2D eigenvalue weighted by atomic mass is 10.1. The average molecular weight is 433 g/mol. The highest BCUT2D eigenvalue weighted by Gasteiger charge is 2.17. The largest absolute Gasteiger partial charge is 0.347 e. The van der Waals surface area contributed by atoms with Crippen molar-refractivity contribution in [2.45, 2.75) is 6.54 Å². The van der Waals surface area contributed by atoms with E-state index in [-0.39, 0.29) is 11.6 Å². The van der Waals surface area contributed by atoms with Crippen LogP contribution in [0.25, 0.3) is 16.8 Å². The average Bonchev–Trinajstić information content (AvgIpc) is 3.15. The van der Waals surface area contributed by atoms with Gasteiger partial charge in [0.05, 0.1) is 5.02 Å². The quantitative estimate of drug-likeness (QED) is 0.508. The van der Waals surface area contributed by atoms with Crippen molar-refractivity contribution in [3.05, 3.63) is 81.2 Å². The van der Waals surface area contributed by atoms with Crippen LogP contribution in [-0.2, 0) is 6.54 Å². The van der Waals surface area contributed by atoms with Gasteiger partial charge >= 0.3 is 0 Å². The van der Waals surface area contributed by atoms with Crippen LogP contribution in [0.4, 0.5) is 0 Å². The molecule has 4 rings (SSSR count). The molecule has 2 aromatic heterocycles. The van der Waals surface area contributed by atoms with E-state index in [4.69, 9.17) is 34.8 Å². The Morgan fingerprint density at radius 2 is 1.71 bits per heavy atom. The van der Waals surface area contributed by atoms with E-state index in [0.29, 0.717) is 38.4 Å². The Hall–Kier alpha value is -2.67. The molecular formula is C19H12Cl3N5O. The summed E-state index contributed by atoms with van der Waals surface area (Å²) < 4.78 is 1.44. The van der Waals surface area contributed by atoms with Crippen LogP contribution >= 0.6 is 34.8 Å². The van der Waals surface area contributed by atoms with Gasteiger partial charge in [-0.25, -0.2) is 0 Å². The molecule has 0 aliphatic carbocycles. The Balaban J connectivity index is 1.67. The van der Waals surface area contributed by atoms with Gasteiger partial charge in [-0.15, -0.1) is 10.2 Å². The molecule has 0 saturated heterocycles. The normalized spacial score (nSPS) is 11.0. The molecule has 2 heterocycles. The summed E-state index contributed by atoms with van der Waals surface area (Å²) in [4.78, 5) is 12.7. The minimum atomic E-state index is -0.336. The highest BCUT2D eigenvalue weighted by atomic mass is 35.5. The molecule has 0 aliphatic rings. The number of nitrogens with zero attached hydrogens (tertiary/aromatic N) is 4. The molecule has 0 bridgehead atoms. The smallest absolute Gasteiger partial charge is 0.272 e. The molecule has 6 nitrogen and oxygen atoms in total. The molecule has 0 spiro atoms. The van der Waals surface area contributed by atoms with Crippen molar-refractivity contribution in [1.82, 2.24) is 25.1 Å². The van der Waals surface area contributed by atoms with Crippen LogP contribution in [0, 0.1) is 0 Å². The standard InChI is InChI=1S/C19H12Cl3N5O/c20-12-3-1-11(2-4-12)9-23-19(28)17-8-15(18-25-24-10-27(18)26-17)14-6-5-13(21)7-16(14)22/h1-8,10H,9H2,(H,23,28). The summed E-state index contributed by atoms with van der Waals surface area (Å²) in [6.45, 7) is 0.342. The first-order valence-corrected chi connectivity index (χ1v) is 9.34. The summed E-state index contributed by atoms with van der Waals surface area (Å²) in [7, 11) is 0. The molecule has 0 radical (unpaired) electrons. The van der Waals surface area contributed by atoms with E-state index in [1.165, 1.54) is 10.8 Å². The predicted octanol–water partition coefficient (Wildman–Crippen LogP) is 4.68. The Morgan fingerprint density at radius 1 is 0.964 bits per heavy atom. The third-order valence-corrected chi connectivity index (χ3v) is 4.89. The van der Waals surface area contributed by atoms with Crippen molar-refractivity contribution in [2.24, 2.45) is 0 Å². The van der Waals surface area contributed by atoms with E-state index < -0.39 is 0 Å². The molecule has 28 heavy (non-hydrogen) atoms. The highest BCUT2D eigenvalue weighted by Crippen LogP contribution is 2.32. The summed E-state index contributed by atoms with van der Waals surface area (Å²) in [6, 6.07) is 14.0. The lowest BCUT2D eigenvalue weighted by molar-refractivity contribution is 0.0944. The van der Waals surface area contributed by atoms with Crippen molar-refractivity contribution < 1.29 is 4.79 Å². The van der Waals surface area contributed by atoms with Gasteiger partial charge in [-0.1, -0.05) is 53.0 Å². The maximum absolute atomic E-state index is 12.7. The Kier molecular flexibility index (Phi) is 5.17. The Labute approximate surface area is 175 Å². The molecule has 4 aromatic rings. The van der Waals surface area contributed by atoms with Crippen molar-refractivity contribution in [3.63, 3.8) is 0 Å². The van der Waals surface area contributed by atoms with E-state index in [1.807, 2.05) is 12.1 Å². The Bertz CT molecular complexity index is 1170. The zero-order valence-electron chi connectivity index (χ0n) is 14.2. The second-order valence-electron chi connectivity index (χ2n) is 5.98. The van der Waals surface area contributed by atoms with Crippen molar-refractivity contribution in [1.29, 1.82) is 0 Å². The SMILES string of the molecule is O=C(NCc1ccc(Cl)cc1)c1cc(-c2ccc(Cl)cc2Cl)c2nncn2n1. The third kappa shape index (κ3) is 3.80. The number of benzene rings is 2. The summed E-state index contributed by atoms with van der Waals surface area (Å²) in [5.41, 5.74) is 2.92. The number of fused-ring (bicyclic) bond motifs is 1. The molecule has 0 saturated carbocycles. The zero-order chi connectivity index (χ0) is 19.7. The number of halogens is 3. The predicted molar refractivity (Wildman–Crippen MR) is 109 cm³/mol. The van der Waals surface area contributed by atoms with E-state index in [2.05, 4.69) is 20.6 Å². The lowest BCUT2D eigenvalue weighted by Crippen LogP contribution is -2.24. The maximum atomic E-state index is 12.7. The van der Waals surface area contributed by atoms with Crippen molar-refractivity contribution in [2.75, 3.05) is 0 Å². The fourth-order valence-corrected chi connectivity index (χ4v) is 3.36. The molecule has 0 fully saturated rings. The van der Waals surface area contributed by atoms with Crippen molar-refractivity contribution >= 4 is 46.4 Å². The van der Waals surface area contributed by atoms with Gasteiger partial charge in [-0.2, -0.15) is 9.61 Å². The molecule has 0 atom stereocenters. The second-order valence-corrected chi connectivity index (χ2v) is 7.26. The number of aromatic nitrogens is 4. The summed E-state index contributed by atoms with van der Waals surface area (Å²) >= 11 is 18.2. The van der Waals surface area contributed by atoms with Crippen LogP contribution in [0.5, 0.6) is 0 Å². The molecular weight excluding hydrogens is 421 g/mol. The van der Waals surface area contributed by atoms with Crippen molar-refractivity contribution in [3.8, 4) is 11.1 Å². The van der Waals surface area contributed by atoms with Crippen LogP contribution in [0.3, 0.4) is 0 Å². The van der Waals surface area contributed by atoms with Gasteiger partial charge in [0.15, 0.2) is 5.65 Å². The number of carbonyl (C=O) groups is 1. The maximum Gasteiger partial charge on any atom is 0.272 e. The van der Waals surface area contributed by atoms with Gasteiger partial charge in [0.2, 0.25) is 0 Å². The van der Waals surface area contributed by atoms with Gasteiger partial charge in [0.25, 0.3) is 5.91 Å². The Morgan fingerprint density at radius 3 is 2.46 bits per heavy atom. The number of nitrogens with one attached hydrogen (secondary N) is 1. The minimum absolute atomic E-state index is 0.210. The van der Waals surface area contributed by atoms with E-state index in [9.17, 15) is 4.79 Å². The topological polar surface area (TPSA) is 72.2 Å². The summed E-state index contributed by atoms with van der Waals surface area (Å²) in [6.07, 6.45) is 1.43. The van der Waals surface area contributed by atoms with E-state index >= 15 is 0 Å². The van der Waals surface area contributed by atoms with Gasteiger partial charge in [0, 0.05) is 27.7 Å². The van der Waals surface area contributed by atoms with Crippen LogP contribution < -0.4 is 5.32 Å². The first kappa shape index (κ1) is 18.7. The van der Waals surface area contributed by atoms with Crippen LogP contribution in [0.1, 0.15) is 16.1 Å². The van der Waals surface area contributed by atoms with E-state index in [0.717, 1.165) is 5.56 Å². The molecule has 1 amide bonds. The molecule has 9 heteroatoms. The third-order valence-electron chi connectivity index (χ3n) is 4.09. The highest BCUT2D eigenvalue weighted by molar-refractivity contribution is 6.36. The number of amides is 1. The summed E-state index contributed by atoms with van der Waals surface area (Å²) in [5, 5.41) is 16.7. The van der Waals surface area contributed by atoms with Gasteiger partial charge in [-0.3, -0.25) is 4.79 Å². The molecule has 2 aromatic carbocycles. The van der Waals surface area contributed by atoms with Gasteiger partial charge < -0.3 is 5.32 Å². The molecule has 140 valence electrons. The molecule has 1 N–H and O–H groups in total. The van der Waals surface area contributed by atoms with E-state index in [1.54, 1.807) is 36.4 Å². The molecule has 0 unspecified atom stereocenters. The van der Waals surface area contributed by atoms with Crippen LogP contribution in [0.15, 0.2) is 54.9 Å². The van der Waals surface area contributed by atoms with Gasteiger partial charge in [-0.05, 0) is 35.9 Å². The lowest BCUT2D eigenvalue weighted by Gasteiger charge is -2.09. The number of hydrogen-bond donors (Lipinski definition) is 1. The van der Waals surface area contributed by atoms with Crippen LogP contribution in [0.2, 0.25) is 15.1 Å². The zero-order valence-corrected chi connectivity index (χ0v) is 16.5. The number of carbonyl (C=O) groups excluding carboxylic acids is 1. The first-order valence-electron chi connectivity index (χ1n) is 8.20.